The van der Waals surface area contributed by atoms with Crippen molar-refractivity contribution in [1.82, 2.24) is 10.6 Å². The van der Waals surface area contributed by atoms with Gasteiger partial charge in [-0.2, -0.15) is 0 Å². The number of amides is 2. The lowest BCUT2D eigenvalue weighted by molar-refractivity contribution is -0.137. The predicted octanol–water partition coefficient (Wildman–Crippen LogP) is -0.0744. The Morgan fingerprint density at radius 3 is 2.22 bits per heavy atom. The van der Waals surface area contributed by atoms with E-state index in [4.69, 9.17) is 5.11 Å². The Morgan fingerprint density at radius 1 is 1.06 bits per heavy atom. The fraction of sp³-hybridized carbons (Fsp3) is 0.250. The molecule has 0 heterocycles. The summed E-state index contributed by atoms with van der Waals surface area (Å²) < 4.78 is 0. The SMILES string of the molecule is Cc1ccc(C(=O)NCC(=O)NCC(=O)O)cc1. The third-order valence-corrected chi connectivity index (χ3v) is 2.16. The molecule has 6 nitrogen and oxygen atoms in total. The molecule has 3 N–H and O–H groups in total. The second kappa shape index (κ2) is 6.39. The molecular weight excluding hydrogens is 236 g/mol. The summed E-state index contributed by atoms with van der Waals surface area (Å²) in [6, 6.07) is 6.89. The van der Waals surface area contributed by atoms with Gasteiger partial charge in [-0.05, 0) is 19.1 Å². The maximum absolute atomic E-state index is 11.6. The van der Waals surface area contributed by atoms with Gasteiger partial charge in [-0.1, -0.05) is 17.7 Å². The third-order valence-electron chi connectivity index (χ3n) is 2.16. The van der Waals surface area contributed by atoms with Gasteiger partial charge in [-0.15, -0.1) is 0 Å². The molecule has 0 saturated carbocycles. The molecule has 1 rings (SSSR count). The van der Waals surface area contributed by atoms with E-state index >= 15 is 0 Å². The van der Waals surface area contributed by atoms with Crippen LogP contribution in [0.25, 0.3) is 0 Å². The number of hydrogen-bond acceptors (Lipinski definition) is 3. The quantitative estimate of drug-likeness (QED) is 0.681. The molecule has 0 bridgehead atoms. The Morgan fingerprint density at radius 2 is 1.67 bits per heavy atom. The highest BCUT2D eigenvalue weighted by Crippen LogP contribution is 2.02. The van der Waals surface area contributed by atoms with Crippen molar-refractivity contribution in [3.05, 3.63) is 35.4 Å². The third kappa shape index (κ3) is 4.65. The van der Waals surface area contributed by atoms with E-state index in [9.17, 15) is 14.4 Å². The minimum Gasteiger partial charge on any atom is -0.480 e. The molecule has 0 saturated heterocycles. The van der Waals surface area contributed by atoms with Crippen LogP contribution in [-0.4, -0.2) is 36.0 Å². The first kappa shape index (κ1) is 13.7. The molecule has 18 heavy (non-hydrogen) atoms. The Balaban J connectivity index is 2.39. The van der Waals surface area contributed by atoms with Crippen LogP contribution in [0.2, 0.25) is 0 Å². The Labute approximate surface area is 104 Å². The van der Waals surface area contributed by atoms with Crippen molar-refractivity contribution in [1.29, 1.82) is 0 Å². The summed E-state index contributed by atoms with van der Waals surface area (Å²) in [5.74, 6) is -2.05. The first-order chi connectivity index (χ1) is 8.49. The molecule has 0 radical (unpaired) electrons. The minimum atomic E-state index is -1.13. The van der Waals surface area contributed by atoms with Crippen molar-refractivity contribution >= 4 is 17.8 Å². The van der Waals surface area contributed by atoms with Crippen LogP contribution in [0.5, 0.6) is 0 Å². The highest BCUT2D eigenvalue weighted by molar-refractivity contribution is 5.96. The zero-order chi connectivity index (χ0) is 13.5. The molecule has 0 unspecified atom stereocenters. The van der Waals surface area contributed by atoms with Gasteiger partial charge < -0.3 is 15.7 Å². The predicted molar refractivity (Wildman–Crippen MR) is 64.2 cm³/mol. The molecule has 1 aromatic carbocycles. The lowest BCUT2D eigenvalue weighted by Crippen LogP contribution is -2.39. The highest BCUT2D eigenvalue weighted by atomic mass is 16.4. The molecular formula is C12H14N2O4. The summed E-state index contributed by atoms with van der Waals surface area (Å²) in [6.45, 7) is 1.19. The first-order valence-corrected chi connectivity index (χ1v) is 5.32. The second-order valence-corrected chi connectivity index (χ2v) is 3.72. The molecule has 0 aliphatic rings. The van der Waals surface area contributed by atoms with Gasteiger partial charge in [0.1, 0.15) is 6.54 Å². The van der Waals surface area contributed by atoms with Gasteiger partial charge in [-0.3, -0.25) is 14.4 Å². The fourth-order valence-electron chi connectivity index (χ4n) is 1.20. The van der Waals surface area contributed by atoms with Crippen molar-refractivity contribution in [2.24, 2.45) is 0 Å². The number of carboxylic acids is 1. The van der Waals surface area contributed by atoms with Crippen molar-refractivity contribution < 1.29 is 19.5 Å². The lowest BCUT2D eigenvalue weighted by atomic mass is 10.1. The van der Waals surface area contributed by atoms with Crippen LogP contribution in [0.3, 0.4) is 0 Å². The van der Waals surface area contributed by atoms with Crippen molar-refractivity contribution in [2.75, 3.05) is 13.1 Å². The fourth-order valence-corrected chi connectivity index (χ4v) is 1.20. The average Bonchev–Trinajstić information content (AvgIpc) is 2.34. The standard InChI is InChI=1S/C12H14N2O4/c1-8-2-4-9(5-3-8)12(18)14-6-10(15)13-7-11(16)17/h2-5H,6-7H2,1H3,(H,13,15)(H,14,18)(H,16,17). The second-order valence-electron chi connectivity index (χ2n) is 3.72. The Kier molecular flexibility index (Phi) is 4.86. The van der Waals surface area contributed by atoms with Gasteiger partial charge in [0.25, 0.3) is 5.91 Å². The molecule has 0 aliphatic carbocycles. The zero-order valence-electron chi connectivity index (χ0n) is 9.90. The summed E-state index contributed by atoms with van der Waals surface area (Å²) in [6.07, 6.45) is 0. The molecule has 0 fully saturated rings. The summed E-state index contributed by atoms with van der Waals surface area (Å²) in [5, 5.41) is 12.9. The van der Waals surface area contributed by atoms with E-state index in [1.807, 2.05) is 6.92 Å². The lowest BCUT2D eigenvalue weighted by Gasteiger charge is -2.05. The van der Waals surface area contributed by atoms with E-state index in [0.717, 1.165) is 5.56 Å². The summed E-state index contributed by atoms with van der Waals surface area (Å²) in [5.41, 5.74) is 1.48. The van der Waals surface area contributed by atoms with Gasteiger partial charge in [-0.25, -0.2) is 0 Å². The van der Waals surface area contributed by atoms with E-state index in [0.29, 0.717) is 5.56 Å². The normalized spacial score (nSPS) is 9.61. The van der Waals surface area contributed by atoms with Gasteiger partial charge in [0, 0.05) is 5.56 Å². The molecule has 2 amide bonds. The van der Waals surface area contributed by atoms with Crippen molar-refractivity contribution in [2.45, 2.75) is 6.92 Å². The molecule has 0 aromatic heterocycles. The van der Waals surface area contributed by atoms with Crippen LogP contribution >= 0.6 is 0 Å². The zero-order valence-corrected chi connectivity index (χ0v) is 9.90. The molecule has 96 valence electrons. The van der Waals surface area contributed by atoms with Crippen LogP contribution in [0, 0.1) is 6.92 Å². The number of nitrogens with one attached hydrogen (secondary N) is 2. The highest BCUT2D eigenvalue weighted by Gasteiger charge is 2.08. The van der Waals surface area contributed by atoms with Gasteiger partial charge in [0.05, 0.1) is 6.54 Å². The van der Waals surface area contributed by atoms with E-state index in [2.05, 4.69) is 10.6 Å². The topological polar surface area (TPSA) is 95.5 Å². The number of carbonyl (C=O) groups excluding carboxylic acids is 2. The van der Waals surface area contributed by atoms with Crippen LogP contribution < -0.4 is 10.6 Å². The average molecular weight is 250 g/mol. The largest absolute Gasteiger partial charge is 0.480 e. The summed E-state index contributed by atoms with van der Waals surface area (Å²) >= 11 is 0. The molecule has 0 atom stereocenters. The van der Waals surface area contributed by atoms with E-state index in [-0.39, 0.29) is 12.5 Å². The number of carboxylic acid groups (broad SMARTS) is 1. The first-order valence-electron chi connectivity index (χ1n) is 5.32. The van der Waals surface area contributed by atoms with Crippen LogP contribution in [-0.2, 0) is 9.59 Å². The maximum atomic E-state index is 11.6. The Hall–Kier alpha value is -2.37. The monoisotopic (exact) mass is 250 g/mol. The van der Waals surface area contributed by atoms with E-state index in [1.165, 1.54) is 0 Å². The van der Waals surface area contributed by atoms with Gasteiger partial charge in [0.15, 0.2) is 0 Å². The number of carbonyl (C=O) groups is 3. The van der Waals surface area contributed by atoms with Crippen LogP contribution in [0.4, 0.5) is 0 Å². The van der Waals surface area contributed by atoms with Crippen LogP contribution in [0.1, 0.15) is 15.9 Å². The number of aryl methyl sites for hydroxylation is 1. The number of benzene rings is 1. The van der Waals surface area contributed by atoms with Gasteiger partial charge >= 0.3 is 5.97 Å². The number of aliphatic carboxylic acids is 1. The summed E-state index contributed by atoms with van der Waals surface area (Å²) in [4.78, 5) is 32.9. The van der Waals surface area contributed by atoms with Crippen LogP contribution in [0.15, 0.2) is 24.3 Å². The molecule has 6 heteroatoms. The van der Waals surface area contributed by atoms with E-state index < -0.39 is 18.4 Å². The van der Waals surface area contributed by atoms with Gasteiger partial charge in [0.2, 0.25) is 5.91 Å². The molecule has 0 spiro atoms. The van der Waals surface area contributed by atoms with Crippen molar-refractivity contribution in [3.63, 3.8) is 0 Å². The van der Waals surface area contributed by atoms with Crippen molar-refractivity contribution in [3.8, 4) is 0 Å². The number of rotatable bonds is 5. The maximum Gasteiger partial charge on any atom is 0.322 e. The molecule has 1 aromatic rings. The van der Waals surface area contributed by atoms with E-state index in [1.54, 1.807) is 24.3 Å². The minimum absolute atomic E-state index is 0.250. The molecule has 0 aliphatic heterocycles. The Bertz CT molecular complexity index is 454. The number of hydrogen-bond donors (Lipinski definition) is 3. The summed E-state index contributed by atoms with van der Waals surface area (Å²) in [7, 11) is 0. The smallest absolute Gasteiger partial charge is 0.322 e.